The molecule has 0 N–H and O–H groups in total. The van der Waals surface area contributed by atoms with Gasteiger partial charge >= 0.3 is 0 Å². The second-order valence-corrected chi connectivity index (χ2v) is 28.3. The third-order valence-corrected chi connectivity index (χ3v) is 22.3. The van der Waals surface area contributed by atoms with Crippen LogP contribution in [0.3, 0.4) is 0 Å². The molecule has 0 atom stereocenters. The highest BCUT2D eigenvalue weighted by Gasteiger charge is 2.34. The van der Waals surface area contributed by atoms with Gasteiger partial charge in [0.2, 0.25) is 0 Å². The Labute approximate surface area is 681 Å². The Morgan fingerprint density at radius 1 is 0.154 bits per heavy atom. The lowest BCUT2D eigenvalue weighted by Crippen LogP contribution is -2.74. The zero-order chi connectivity index (χ0) is 80.8. The first-order valence-electron chi connectivity index (χ1n) is 38.3. The molecule has 0 bridgehead atoms. The van der Waals surface area contributed by atoms with Crippen LogP contribution in [0.2, 0.25) is 0 Å². The lowest BCUT2D eigenvalue weighted by atomic mass is 9.13. The van der Waals surface area contributed by atoms with E-state index < -0.39 is 6.15 Å². The van der Waals surface area contributed by atoms with Crippen LogP contribution >= 0.6 is 0 Å². The molecule has 16 aromatic rings. The lowest BCUT2D eigenvalue weighted by Gasteiger charge is -2.45. The minimum absolute atomic E-state index is 0.643. The van der Waals surface area contributed by atoms with E-state index in [1.54, 1.807) is 85.3 Å². The SMILES string of the molecule is COc1ccc(N(c2ccc3cc([B-](c4ccc5cc(N(c6ccc(OC)cc6)c6ccc(OC)cc6OC)ccc5c4)(c4ccc5cc(N(c6ccc(OC)cc6)c6ccc(OC)cc6OC)ccc5c4)c4ccc5cc(N(c6ccc(OC)cc6)c6ccc(OC)cc6OC)ccc5c4)ccc3c2)c2ccc(OC)cc2OC)cc1. The molecule has 117 heavy (non-hydrogen) atoms. The summed E-state index contributed by atoms with van der Waals surface area (Å²) in [5.74, 6) is 8.25. The number of anilines is 12. The van der Waals surface area contributed by atoms with Gasteiger partial charge in [-0.15, -0.1) is 0 Å². The summed E-state index contributed by atoms with van der Waals surface area (Å²) in [5.41, 5.74) is 15.0. The zero-order valence-electron chi connectivity index (χ0n) is 67.3. The third-order valence-electron chi connectivity index (χ3n) is 22.3. The minimum atomic E-state index is -2.23. The van der Waals surface area contributed by atoms with E-state index in [1.165, 1.54) is 0 Å². The molecule has 0 aliphatic carbocycles. The normalized spacial score (nSPS) is 11.2. The molecule has 0 heterocycles. The van der Waals surface area contributed by atoms with Gasteiger partial charge in [-0.1, -0.05) is 97.1 Å². The first-order valence-corrected chi connectivity index (χ1v) is 38.3. The number of benzene rings is 16. The lowest BCUT2D eigenvalue weighted by molar-refractivity contribution is 0.395. The van der Waals surface area contributed by atoms with Gasteiger partial charge in [-0.3, -0.25) is 0 Å². The molecule has 584 valence electrons. The molecule has 0 aromatic heterocycles. The van der Waals surface area contributed by atoms with E-state index in [1.807, 2.05) is 121 Å². The molecule has 0 spiro atoms. The van der Waals surface area contributed by atoms with E-state index in [2.05, 4.69) is 214 Å². The summed E-state index contributed by atoms with van der Waals surface area (Å²) in [7, 11) is 20.1. The molecule has 0 aliphatic heterocycles. The van der Waals surface area contributed by atoms with Crippen molar-refractivity contribution in [2.75, 3.05) is 105 Å². The Bertz CT molecular complexity index is 5540. The molecule has 0 amide bonds. The maximum Gasteiger partial charge on any atom is 0.146 e. The van der Waals surface area contributed by atoms with Crippen molar-refractivity contribution in [3.8, 4) is 69.0 Å². The number of rotatable bonds is 28. The highest BCUT2D eigenvalue weighted by atomic mass is 16.5. The monoisotopic (exact) mass is 1550 g/mol. The quantitative estimate of drug-likeness (QED) is 0.0432. The first-order chi connectivity index (χ1) is 57.3. The molecule has 0 radical (unpaired) electrons. The van der Waals surface area contributed by atoms with Gasteiger partial charge in [0.05, 0.1) is 108 Å². The van der Waals surface area contributed by atoms with Crippen LogP contribution in [0, 0.1) is 0 Å². The zero-order valence-corrected chi connectivity index (χ0v) is 67.3. The fraction of sp³-hybridized carbons (Fsp3) is 0.120. The number of nitrogens with zero attached hydrogens (tertiary/aromatic N) is 4. The van der Waals surface area contributed by atoms with E-state index in [0.717, 1.165) is 156 Å². The molecule has 0 saturated heterocycles. The molecule has 16 rings (SSSR count). The van der Waals surface area contributed by atoms with Crippen molar-refractivity contribution in [1.29, 1.82) is 0 Å². The first kappa shape index (κ1) is 76.4. The Kier molecular flexibility index (Phi) is 21.7. The van der Waals surface area contributed by atoms with Crippen LogP contribution in [0.25, 0.3) is 43.1 Å². The van der Waals surface area contributed by atoms with Crippen molar-refractivity contribution in [3.05, 3.63) is 315 Å². The van der Waals surface area contributed by atoms with Gasteiger partial charge in [-0.05, 0) is 237 Å². The van der Waals surface area contributed by atoms with Gasteiger partial charge in [0.15, 0.2) is 0 Å². The predicted octanol–water partition coefficient (Wildman–Crippen LogP) is 21.7. The number of ether oxygens (including phenoxy) is 12. The van der Waals surface area contributed by atoms with Crippen molar-refractivity contribution < 1.29 is 56.8 Å². The summed E-state index contributed by atoms with van der Waals surface area (Å²) in [6.45, 7) is 0. The summed E-state index contributed by atoms with van der Waals surface area (Å²) in [6.07, 6.45) is -2.23. The molecule has 0 unspecified atom stereocenters. The van der Waals surface area contributed by atoms with Crippen molar-refractivity contribution in [3.63, 3.8) is 0 Å². The molecule has 16 nitrogen and oxygen atoms in total. The topological polar surface area (TPSA) is 124 Å². The fourth-order valence-corrected chi connectivity index (χ4v) is 16.3. The molecule has 0 aliphatic rings. The molecular weight excluding hydrogens is 1460 g/mol. The number of hydrogen-bond acceptors (Lipinski definition) is 16. The van der Waals surface area contributed by atoms with Gasteiger partial charge in [-0.2, -0.15) is 21.9 Å². The Balaban J connectivity index is 0.941. The summed E-state index contributed by atoms with van der Waals surface area (Å²) >= 11 is 0. The number of methoxy groups -OCH3 is 12. The van der Waals surface area contributed by atoms with Crippen LogP contribution in [-0.4, -0.2) is 91.5 Å². The fourth-order valence-electron chi connectivity index (χ4n) is 16.3. The standard InChI is InChI=1S/C100H88BN4O12/c1-106-85-37-29-77(30-38-85)102(93-49-45-89(110-5)61-97(93)114-9)81-25-17-65-53-73(21-13-69(65)57-81)101(74-22-14-70-58-82(26-18-66(70)54-74)103(78-31-39-86(107-2)40-32-78)94-50-46-90(111-6)62-98(94)115-10,75-23-15-71-59-83(27-19-67(71)55-75)104(79-33-41-87(108-3)42-34-79)95-51-47-91(112-7)63-99(95)116-11)76-24-16-72-60-84(28-20-68(72)56-76)105(80-35-43-88(109-4)44-36-80)96-52-48-92(113-8)64-100(96)117-12/h13-64H,1-12H3/q-1. The number of hydrogen-bond donors (Lipinski definition) is 0. The van der Waals surface area contributed by atoms with Gasteiger partial charge in [0, 0.05) is 69.8 Å². The Hall–Kier alpha value is -14.6. The van der Waals surface area contributed by atoms with Crippen LogP contribution < -0.4 is 98.3 Å². The van der Waals surface area contributed by atoms with Crippen LogP contribution in [0.5, 0.6) is 69.0 Å². The van der Waals surface area contributed by atoms with Crippen LogP contribution in [0.1, 0.15) is 0 Å². The van der Waals surface area contributed by atoms with Gasteiger partial charge in [-0.25, -0.2) is 0 Å². The Morgan fingerprint density at radius 2 is 0.325 bits per heavy atom. The minimum Gasteiger partial charge on any atom is -0.497 e. The maximum atomic E-state index is 6.14. The average Bonchev–Trinajstić information content (AvgIpc) is 0.713. The summed E-state index contributed by atoms with van der Waals surface area (Å²) in [5, 5.41) is 8.23. The predicted molar refractivity (Wildman–Crippen MR) is 477 cm³/mol. The summed E-state index contributed by atoms with van der Waals surface area (Å²) < 4.78 is 70.2. The summed E-state index contributed by atoms with van der Waals surface area (Å²) in [4.78, 5) is 8.83. The summed E-state index contributed by atoms with van der Waals surface area (Å²) in [6, 6.07) is 111. The number of fused-ring (bicyclic) bond motifs is 4. The van der Waals surface area contributed by atoms with E-state index in [4.69, 9.17) is 56.8 Å². The van der Waals surface area contributed by atoms with E-state index in [0.29, 0.717) is 46.0 Å². The second-order valence-electron chi connectivity index (χ2n) is 28.3. The van der Waals surface area contributed by atoms with Crippen molar-refractivity contribution in [1.82, 2.24) is 0 Å². The van der Waals surface area contributed by atoms with Crippen LogP contribution in [-0.2, 0) is 0 Å². The van der Waals surface area contributed by atoms with Crippen molar-refractivity contribution >= 4 is 139 Å². The van der Waals surface area contributed by atoms with Crippen LogP contribution in [0.4, 0.5) is 68.2 Å². The highest BCUT2D eigenvalue weighted by Crippen LogP contribution is 2.49. The second kappa shape index (κ2) is 33.2. The average molecular weight is 1550 g/mol. The molecule has 16 aromatic carbocycles. The largest absolute Gasteiger partial charge is 0.497 e. The highest BCUT2D eigenvalue weighted by molar-refractivity contribution is 7.20. The molecule has 17 heteroatoms. The van der Waals surface area contributed by atoms with E-state index in [9.17, 15) is 0 Å². The van der Waals surface area contributed by atoms with E-state index >= 15 is 0 Å². The van der Waals surface area contributed by atoms with Gasteiger partial charge in [0.25, 0.3) is 0 Å². The molecule has 0 fully saturated rings. The van der Waals surface area contributed by atoms with Gasteiger partial charge < -0.3 is 76.4 Å². The molecule has 0 saturated carbocycles. The smallest absolute Gasteiger partial charge is 0.146 e. The van der Waals surface area contributed by atoms with E-state index in [-0.39, 0.29) is 0 Å². The van der Waals surface area contributed by atoms with Crippen LogP contribution in [0.15, 0.2) is 315 Å². The Morgan fingerprint density at radius 3 is 0.513 bits per heavy atom. The maximum absolute atomic E-state index is 6.14. The van der Waals surface area contributed by atoms with Crippen molar-refractivity contribution in [2.45, 2.75) is 0 Å². The van der Waals surface area contributed by atoms with Gasteiger partial charge in [0.1, 0.15) is 75.1 Å². The third kappa shape index (κ3) is 14.7. The molecular formula is C100H88BN4O12-. The van der Waals surface area contributed by atoms with Crippen molar-refractivity contribution in [2.24, 2.45) is 0 Å².